The number of rotatable bonds is 4. The molecular weight excluding hydrogens is 422 g/mol. The molecule has 4 nitrogen and oxygen atoms in total. The second-order valence-electron chi connectivity index (χ2n) is 4.42. The van der Waals surface area contributed by atoms with Crippen LogP contribution in [0.3, 0.4) is 0 Å². The highest BCUT2D eigenvalue weighted by molar-refractivity contribution is 9.10. The van der Waals surface area contributed by atoms with Gasteiger partial charge in [-0.15, -0.1) is 0 Å². The van der Waals surface area contributed by atoms with Gasteiger partial charge in [-0.1, -0.05) is 15.9 Å². The van der Waals surface area contributed by atoms with Crippen LogP contribution < -0.4 is 9.46 Å². The van der Waals surface area contributed by atoms with E-state index in [1.807, 2.05) is 13.0 Å². The third-order valence-electron chi connectivity index (χ3n) is 2.73. The summed E-state index contributed by atoms with van der Waals surface area (Å²) in [6.45, 7) is 1.90. The normalized spacial score (nSPS) is 11.2. The van der Waals surface area contributed by atoms with Crippen molar-refractivity contribution in [1.29, 1.82) is 0 Å². The maximum absolute atomic E-state index is 12.4. The summed E-state index contributed by atoms with van der Waals surface area (Å²) in [6, 6.07) is 9.99. The third-order valence-corrected chi connectivity index (χ3v) is 5.18. The molecule has 0 spiro atoms. The van der Waals surface area contributed by atoms with Crippen molar-refractivity contribution in [3.8, 4) is 5.75 Å². The molecule has 0 heterocycles. The first kappa shape index (κ1) is 16.3. The van der Waals surface area contributed by atoms with E-state index in [1.54, 1.807) is 18.2 Å². The average molecular weight is 435 g/mol. The van der Waals surface area contributed by atoms with Gasteiger partial charge in [-0.05, 0) is 64.8 Å². The van der Waals surface area contributed by atoms with Crippen molar-refractivity contribution in [3.05, 3.63) is 50.9 Å². The van der Waals surface area contributed by atoms with E-state index in [0.29, 0.717) is 15.9 Å². The third kappa shape index (κ3) is 3.99. The number of methoxy groups -OCH3 is 1. The highest BCUT2D eigenvalue weighted by atomic mass is 79.9. The van der Waals surface area contributed by atoms with Gasteiger partial charge in [-0.25, -0.2) is 8.42 Å². The van der Waals surface area contributed by atoms with Crippen LogP contribution >= 0.6 is 31.9 Å². The van der Waals surface area contributed by atoms with E-state index in [-0.39, 0.29) is 4.90 Å². The summed E-state index contributed by atoms with van der Waals surface area (Å²) in [5, 5.41) is 0. The number of benzene rings is 2. The molecular formula is C14H13Br2NO3S. The number of halogens is 2. The largest absolute Gasteiger partial charge is 0.496 e. The minimum absolute atomic E-state index is 0.160. The van der Waals surface area contributed by atoms with Crippen molar-refractivity contribution in [2.45, 2.75) is 11.8 Å². The Hall–Kier alpha value is -1.05. The second kappa shape index (κ2) is 6.37. The average Bonchev–Trinajstić information content (AvgIpc) is 2.36. The Kier molecular flexibility index (Phi) is 4.95. The number of hydrogen-bond donors (Lipinski definition) is 1. The number of aryl methyl sites for hydroxylation is 1. The first-order valence-corrected chi connectivity index (χ1v) is 9.02. The Morgan fingerprint density at radius 3 is 2.38 bits per heavy atom. The molecule has 2 rings (SSSR count). The van der Waals surface area contributed by atoms with E-state index in [0.717, 1.165) is 10.0 Å². The predicted molar refractivity (Wildman–Crippen MR) is 90.4 cm³/mol. The number of anilines is 1. The van der Waals surface area contributed by atoms with Gasteiger partial charge in [0, 0.05) is 4.47 Å². The first-order valence-electron chi connectivity index (χ1n) is 5.95. The highest BCUT2D eigenvalue weighted by Gasteiger charge is 2.16. The van der Waals surface area contributed by atoms with Crippen molar-refractivity contribution in [2.75, 3.05) is 11.8 Å². The smallest absolute Gasteiger partial charge is 0.261 e. The molecule has 0 saturated carbocycles. The summed E-state index contributed by atoms with van der Waals surface area (Å²) in [5.74, 6) is 0.576. The molecule has 0 unspecified atom stereocenters. The molecule has 0 radical (unpaired) electrons. The van der Waals surface area contributed by atoms with E-state index in [9.17, 15) is 8.42 Å². The van der Waals surface area contributed by atoms with Gasteiger partial charge in [0.25, 0.3) is 10.0 Å². The zero-order valence-electron chi connectivity index (χ0n) is 11.4. The van der Waals surface area contributed by atoms with Gasteiger partial charge in [-0.2, -0.15) is 0 Å². The predicted octanol–water partition coefficient (Wildman–Crippen LogP) is 4.33. The number of nitrogens with one attached hydrogen (secondary N) is 1. The molecule has 0 atom stereocenters. The van der Waals surface area contributed by atoms with Gasteiger partial charge in [0.1, 0.15) is 5.75 Å². The van der Waals surface area contributed by atoms with Gasteiger partial charge in [-0.3, -0.25) is 4.72 Å². The minimum Gasteiger partial charge on any atom is -0.496 e. The lowest BCUT2D eigenvalue weighted by Gasteiger charge is -2.11. The fourth-order valence-corrected chi connectivity index (χ4v) is 4.19. The highest BCUT2D eigenvalue weighted by Crippen LogP contribution is 2.29. The van der Waals surface area contributed by atoms with Gasteiger partial charge in [0.15, 0.2) is 0 Å². The lowest BCUT2D eigenvalue weighted by Crippen LogP contribution is -2.13. The topological polar surface area (TPSA) is 55.4 Å². The summed E-state index contributed by atoms with van der Waals surface area (Å²) in [5.41, 5.74) is 1.46. The minimum atomic E-state index is -3.65. The first-order chi connectivity index (χ1) is 9.81. The van der Waals surface area contributed by atoms with Crippen LogP contribution in [-0.4, -0.2) is 15.5 Å². The summed E-state index contributed by atoms with van der Waals surface area (Å²) in [6.07, 6.45) is 0. The molecule has 2 aromatic carbocycles. The Labute approximate surface area is 140 Å². The van der Waals surface area contributed by atoms with Crippen LogP contribution in [0.15, 0.2) is 50.2 Å². The van der Waals surface area contributed by atoms with Crippen molar-refractivity contribution >= 4 is 47.6 Å². The van der Waals surface area contributed by atoms with Crippen LogP contribution in [0.5, 0.6) is 5.75 Å². The monoisotopic (exact) mass is 433 g/mol. The van der Waals surface area contributed by atoms with Crippen LogP contribution in [0, 0.1) is 6.92 Å². The molecule has 0 aliphatic rings. The van der Waals surface area contributed by atoms with Crippen LogP contribution in [0.1, 0.15) is 5.56 Å². The van der Waals surface area contributed by atoms with Crippen molar-refractivity contribution in [3.63, 3.8) is 0 Å². The molecule has 112 valence electrons. The van der Waals surface area contributed by atoms with E-state index >= 15 is 0 Å². The van der Waals surface area contributed by atoms with E-state index in [4.69, 9.17) is 4.74 Å². The Balaban J connectivity index is 2.36. The summed E-state index contributed by atoms with van der Waals surface area (Å²) < 4.78 is 33.8. The fraction of sp³-hybridized carbons (Fsp3) is 0.143. The zero-order chi connectivity index (χ0) is 15.6. The fourth-order valence-electron chi connectivity index (χ4n) is 1.82. The van der Waals surface area contributed by atoms with Gasteiger partial charge in [0.2, 0.25) is 0 Å². The van der Waals surface area contributed by atoms with E-state index in [2.05, 4.69) is 36.6 Å². The van der Waals surface area contributed by atoms with Gasteiger partial charge < -0.3 is 4.74 Å². The van der Waals surface area contributed by atoms with Gasteiger partial charge in [0.05, 0.1) is 22.2 Å². The van der Waals surface area contributed by atoms with Crippen LogP contribution in [-0.2, 0) is 10.0 Å². The maximum atomic E-state index is 12.4. The molecule has 0 fully saturated rings. The zero-order valence-corrected chi connectivity index (χ0v) is 15.3. The quantitative estimate of drug-likeness (QED) is 0.778. The summed E-state index contributed by atoms with van der Waals surface area (Å²) >= 11 is 6.63. The maximum Gasteiger partial charge on any atom is 0.261 e. The second-order valence-corrected chi connectivity index (χ2v) is 7.87. The number of sulfonamides is 1. The van der Waals surface area contributed by atoms with Gasteiger partial charge >= 0.3 is 0 Å². The van der Waals surface area contributed by atoms with Crippen LogP contribution in [0.4, 0.5) is 5.69 Å². The molecule has 0 aromatic heterocycles. The number of ether oxygens (including phenoxy) is 1. The lowest BCUT2D eigenvalue weighted by atomic mass is 10.2. The van der Waals surface area contributed by atoms with E-state index in [1.165, 1.54) is 19.2 Å². The van der Waals surface area contributed by atoms with E-state index < -0.39 is 10.0 Å². The molecule has 0 aliphatic heterocycles. The molecule has 2 aromatic rings. The Morgan fingerprint density at radius 1 is 1.10 bits per heavy atom. The Morgan fingerprint density at radius 2 is 1.81 bits per heavy atom. The molecule has 7 heteroatoms. The lowest BCUT2D eigenvalue weighted by molar-refractivity contribution is 0.411. The van der Waals surface area contributed by atoms with Crippen LogP contribution in [0.25, 0.3) is 0 Å². The molecule has 0 amide bonds. The van der Waals surface area contributed by atoms with Crippen molar-refractivity contribution in [2.24, 2.45) is 0 Å². The standard InChI is InChI=1S/C14H13Br2NO3S/c1-9-5-10(15)7-11(6-9)17-21(18,19)12-3-4-14(20-2)13(16)8-12/h3-8,17H,1-2H3. The SMILES string of the molecule is COc1ccc(S(=O)(=O)Nc2cc(C)cc(Br)c2)cc1Br. The molecule has 0 saturated heterocycles. The summed E-state index contributed by atoms with van der Waals surface area (Å²) in [4.78, 5) is 0.160. The van der Waals surface area contributed by atoms with Crippen molar-refractivity contribution in [1.82, 2.24) is 0 Å². The summed E-state index contributed by atoms with van der Waals surface area (Å²) in [7, 11) is -2.13. The molecule has 21 heavy (non-hydrogen) atoms. The molecule has 0 bridgehead atoms. The van der Waals surface area contributed by atoms with Crippen molar-refractivity contribution < 1.29 is 13.2 Å². The van der Waals surface area contributed by atoms with Crippen LogP contribution in [0.2, 0.25) is 0 Å². The number of hydrogen-bond acceptors (Lipinski definition) is 3. The molecule has 1 N–H and O–H groups in total. The molecule has 0 aliphatic carbocycles. The Bertz CT molecular complexity index is 756.